The number of hydrogen-bond donors (Lipinski definition) is 1. The lowest BCUT2D eigenvalue weighted by Crippen LogP contribution is -2.16. The normalized spacial score (nSPS) is 23.0. The van der Waals surface area contributed by atoms with Crippen molar-refractivity contribution in [2.75, 3.05) is 0 Å². The topological polar surface area (TPSA) is 37.3 Å². The summed E-state index contributed by atoms with van der Waals surface area (Å²) >= 11 is 0.530. The zero-order valence-electron chi connectivity index (χ0n) is 6.87. The lowest BCUT2D eigenvalue weighted by Gasteiger charge is -2.18. The first-order valence-electron chi connectivity index (χ1n) is 3.99. The highest BCUT2D eigenvalue weighted by Crippen LogP contribution is 2.29. The summed E-state index contributed by atoms with van der Waals surface area (Å²) in [6.45, 7) is 0. The summed E-state index contributed by atoms with van der Waals surface area (Å²) in [6, 6.07) is 0. The van der Waals surface area contributed by atoms with Gasteiger partial charge in [0.25, 0.3) is 5.12 Å². The van der Waals surface area contributed by atoms with Gasteiger partial charge >= 0.3 is 6.43 Å². The molecule has 0 amide bonds. The van der Waals surface area contributed by atoms with Gasteiger partial charge in [-0.25, -0.2) is 8.78 Å². The SMILES string of the molecule is O=C(SC1CCCC=C1O)C(F)F. The van der Waals surface area contributed by atoms with Crippen molar-refractivity contribution in [1.29, 1.82) is 0 Å². The van der Waals surface area contributed by atoms with Crippen molar-refractivity contribution in [1.82, 2.24) is 0 Å². The molecule has 1 unspecified atom stereocenters. The van der Waals surface area contributed by atoms with E-state index in [1.165, 1.54) is 0 Å². The largest absolute Gasteiger partial charge is 0.511 e. The molecule has 2 nitrogen and oxygen atoms in total. The van der Waals surface area contributed by atoms with E-state index in [-0.39, 0.29) is 5.76 Å². The molecule has 1 rings (SSSR count). The molecule has 0 spiro atoms. The van der Waals surface area contributed by atoms with Crippen molar-refractivity contribution in [2.24, 2.45) is 0 Å². The second-order valence-electron chi connectivity index (χ2n) is 2.79. The van der Waals surface area contributed by atoms with Gasteiger partial charge in [0.1, 0.15) is 5.76 Å². The van der Waals surface area contributed by atoms with E-state index >= 15 is 0 Å². The van der Waals surface area contributed by atoms with Crippen molar-refractivity contribution in [2.45, 2.75) is 30.9 Å². The molecule has 1 atom stereocenters. The van der Waals surface area contributed by atoms with Crippen LogP contribution in [0.2, 0.25) is 0 Å². The van der Waals surface area contributed by atoms with Crippen LogP contribution in [0.4, 0.5) is 8.78 Å². The minimum absolute atomic E-state index is 0.0604. The van der Waals surface area contributed by atoms with Crippen molar-refractivity contribution in [3.8, 4) is 0 Å². The molecule has 5 heteroatoms. The van der Waals surface area contributed by atoms with Gasteiger partial charge in [0, 0.05) is 0 Å². The van der Waals surface area contributed by atoms with Crippen molar-refractivity contribution in [3.05, 3.63) is 11.8 Å². The predicted octanol–water partition coefficient (Wildman–Crippen LogP) is 2.51. The quantitative estimate of drug-likeness (QED) is 0.757. The number of halogens is 2. The molecule has 0 aromatic heterocycles. The molecule has 0 aromatic carbocycles. The minimum Gasteiger partial charge on any atom is -0.511 e. The minimum atomic E-state index is -2.94. The van der Waals surface area contributed by atoms with E-state index in [1.807, 2.05) is 0 Å². The molecule has 1 N–H and O–H groups in total. The monoisotopic (exact) mass is 208 g/mol. The number of carbonyl (C=O) groups is 1. The second kappa shape index (κ2) is 4.60. The molecule has 0 radical (unpaired) electrons. The van der Waals surface area contributed by atoms with E-state index in [1.54, 1.807) is 6.08 Å². The number of rotatable bonds is 2. The summed E-state index contributed by atoms with van der Waals surface area (Å²) in [4.78, 5) is 10.6. The standard InChI is InChI=1S/C8H10F2O2S/c9-7(10)8(12)13-6-4-2-1-3-5(6)11/h3,6-7,11H,1-2,4H2. The van der Waals surface area contributed by atoms with Crippen LogP contribution in [-0.2, 0) is 4.79 Å². The Morgan fingerprint density at radius 1 is 1.69 bits per heavy atom. The van der Waals surface area contributed by atoms with Crippen LogP contribution in [0, 0.1) is 0 Å². The predicted molar refractivity (Wildman–Crippen MR) is 47.0 cm³/mol. The molecule has 74 valence electrons. The van der Waals surface area contributed by atoms with Crippen LogP contribution in [0.5, 0.6) is 0 Å². The van der Waals surface area contributed by atoms with Crippen molar-refractivity contribution >= 4 is 16.9 Å². The number of carbonyl (C=O) groups excluding carboxylic acids is 1. The number of aliphatic hydroxyl groups excluding tert-OH is 1. The molecule has 0 aliphatic heterocycles. The fourth-order valence-electron chi connectivity index (χ4n) is 1.14. The van der Waals surface area contributed by atoms with E-state index in [4.69, 9.17) is 0 Å². The van der Waals surface area contributed by atoms with Gasteiger partial charge in [-0.05, 0) is 25.3 Å². The summed E-state index contributed by atoms with van der Waals surface area (Å²) in [7, 11) is 0. The second-order valence-corrected chi connectivity index (χ2v) is 3.99. The van der Waals surface area contributed by atoms with Crippen LogP contribution in [0.15, 0.2) is 11.8 Å². The van der Waals surface area contributed by atoms with Crippen molar-refractivity contribution in [3.63, 3.8) is 0 Å². The van der Waals surface area contributed by atoms with Gasteiger partial charge in [-0.1, -0.05) is 11.8 Å². The first-order chi connectivity index (χ1) is 6.11. The van der Waals surface area contributed by atoms with Gasteiger partial charge in [0.2, 0.25) is 0 Å². The van der Waals surface area contributed by atoms with E-state index in [0.717, 1.165) is 12.8 Å². The molecule has 0 saturated heterocycles. The highest BCUT2D eigenvalue weighted by molar-refractivity contribution is 8.14. The molecule has 13 heavy (non-hydrogen) atoms. The molecule has 0 heterocycles. The number of hydrogen-bond acceptors (Lipinski definition) is 3. The third-order valence-corrected chi connectivity index (χ3v) is 2.96. The zero-order valence-corrected chi connectivity index (χ0v) is 7.69. The average Bonchev–Trinajstić information content (AvgIpc) is 2.08. The van der Waals surface area contributed by atoms with Crippen molar-refractivity contribution < 1.29 is 18.7 Å². The van der Waals surface area contributed by atoms with E-state index in [0.29, 0.717) is 18.2 Å². The fraction of sp³-hybridized carbons (Fsp3) is 0.625. The zero-order chi connectivity index (χ0) is 9.84. The maximum Gasteiger partial charge on any atom is 0.306 e. The summed E-state index contributed by atoms with van der Waals surface area (Å²) in [5.41, 5.74) is 0. The highest BCUT2D eigenvalue weighted by Gasteiger charge is 2.25. The third-order valence-electron chi connectivity index (χ3n) is 1.79. The Bertz CT molecular complexity index is 228. The van der Waals surface area contributed by atoms with Crippen LogP contribution < -0.4 is 0 Å². The number of allylic oxidation sites excluding steroid dienone is 1. The van der Waals surface area contributed by atoms with Crippen LogP contribution in [0.1, 0.15) is 19.3 Å². The molecule has 1 aliphatic carbocycles. The highest BCUT2D eigenvalue weighted by atomic mass is 32.2. The Labute approximate surface area is 79.0 Å². The Morgan fingerprint density at radius 3 is 2.92 bits per heavy atom. The molecular formula is C8H10F2O2S. The molecular weight excluding hydrogens is 198 g/mol. The van der Waals surface area contributed by atoms with Crippen LogP contribution >= 0.6 is 11.8 Å². The van der Waals surface area contributed by atoms with E-state index in [9.17, 15) is 18.7 Å². The maximum absolute atomic E-state index is 11.8. The smallest absolute Gasteiger partial charge is 0.306 e. The molecule has 0 bridgehead atoms. The Morgan fingerprint density at radius 2 is 2.38 bits per heavy atom. The first kappa shape index (κ1) is 10.5. The van der Waals surface area contributed by atoms with E-state index < -0.39 is 16.8 Å². The Balaban J connectivity index is 2.48. The molecule has 0 saturated carbocycles. The molecule has 0 aromatic rings. The lowest BCUT2D eigenvalue weighted by atomic mass is 10.1. The van der Waals surface area contributed by atoms with Gasteiger partial charge in [0.15, 0.2) is 0 Å². The summed E-state index contributed by atoms with van der Waals surface area (Å²) in [6.07, 6.45) is 0.815. The van der Waals surface area contributed by atoms with Gasteiger partial charge in [-0.2, -0.15) is 0 Å². The summed E-state index contributed by atoms with van der Waals surface area (Å²) < 4.78 is 23.7. The van der Waals surface area contributed by atoms with Gasteiger partial charge in [0.05, 0.1) is 5.25 Å². The van der Waals surface area contributed by atoms with Gasteiger partial charge < -0.3 is 5.11 Å². The lowest BCUT2D eigenvalue weighted by molar-refractivity contribution is -0.120. The third kappa shape index (κ3) is 2.99. The van der Waals surface area contributed by atoms with Gasteiger partial charge in [-0.15, -0.1) is 0 Å². The number of aliphatic hydroxyl groups is 1. The number of thioether (sulfide) groups is 1. The Hall–Kier alpha value is -0.580. The summed E-state index contributed by atoms with van der Waals surface area (Å²) in [5.74, 6) is 0.0604. The van der Waals surface area contributed by atoms with Crippen LogP contribution in [0.25, 0.3) is 0 Å². The Kier molecular flexibility index (Phi) is 3.71. The van der Waals surface area contributed by atoms with Gasteiger partial charge in [-0.3, -0.25) is 4.79 Å². The summed E-state index contributed by atoms with van der Waals surface area (Å²) in [5, 5.41) is 7.62. The fourth-order valence-corrected chi connectivity index (χ4v) is 2.03. The first-order valence-corrected chi connectivity index (χ1v) is 4.87. The molecule has 0 fully saturated rings. The number of alkyl halides is 2. The van der Waals surface area contributed by atoms with Crippen LogP contribution in [-0.4, -0.2) is 21.9 Å². The average molecular weight is 208 g/mol. The molecule has 1 aliphatic rings. The maximum atomic E-state index is 11.8. The van der Waals surface area contributed by atoms with Crippen LogP contribution in [0.3, 0.4) is 0 Å². The van der Waals surface area contributed by atoms with E-state index in [2.05, 4.69) is 0 Å².